The van der Waals surface area contributed by atoms with Gasteiger partial charge in [-0.25, -0.2) is 9.78 Å². The number of aliphatic carboxylic acids is 1. The average molecular weight is 393 g/mol. The maximum Gasteiger partial charge on any atom is 0.339 e. The number of carbonyl (C=O) groups is 2. The fourth-order valence-corrected chi connectivity index (χ4v) is 3.75. The molecule has 0 saturated heterocycles. The zero-order valence-electron chi connectivity index (χ0n) is 12.3. The number of carbonyl (C=O) groups excluding carboxylic acids is 2. The molecule has 3 rings (SSSR count). The highest BCUT2D eigenvalue weighted by Crippen LogP contribution is 2.23. The molecule has 25 heavy (non-hydrogen) atoms. The highest BCUT2D eigenvalue weighted by atomic mass is 32.1. The van der Waals surface area contributed by atoms with Crippen molar-refractivity contribution in [3.8, 4) is 0 Å². The van der Waals surface area contributed by atoms with E-state index >= 15 is 0 Å². The zero-order chi connectivity index (χ0) is 18.0. The largest absolute Gasteiger partial charge is 0.543 e. The van der Waals surface area contributed by atoms with Gasteiger partial charge in [0.2, 0.25) is 0 Å². The Balaban J connectivity index is 1.79. The summed E-state index contributed by atoms with van der Waals surface area (Å²) >= 11 is 7.51. The molecule has 0 atom stereocenters. The summed E-state index contributed by atoms with van der Waals surface area (Å²) < 4.78 is 1.50. The third-order valence-corrected chi connectivity index (χ3v) is 4.95. The van der Waals surface area contributed by atoms with Crippen LogP contribution in [-0.2, 0) is 20.8 Å². The lowest BCUT2D eigenvalue weighted by Gasteiger charge is -2.04. The first kappa shape index (κ1) is 17.2. The average Bonchev–Trinajstić information content (AvgIpc) is 3.13. The van der Waals surface area contributed by atoms with Crippen LogP contribution in [0.4, 0.5) is 5.13 Å². The van der Waals surface area contributed by atoms with Crippen molar-refractivity contribution in [3.05, 3.63) is 38.8 Å². The topological polar surface area (TPSA) is 133 Å². The van der Waals surface area contributed by atoms with Gasteiger partial charge in [-0.05, 0) is 23.8 Å². The lowest BCUT2D eigenvalue weighted by Crippen LogP contribution is -2.33. The summed E-state index contributed by atoms with van der Waals surface area (Å²) in [6, 6.07) is 5.41. The van der Waals surface area contributed by atoms with E-state index in [-0.39, 0.29) is 17.2 Å². The van der Waals surface area contributed by atoms with Crippen molar-refractivity contribution in [2.24, 2.45) is 5.16 Å². The number of rotatable bonds is 5. The molecule has 2 heterocycles. The molecule has 0 aliphatic carbocycles. The Morgan fingerprint density at radius 2 is 2.24 bits per heavy atom. The molecule has 0 saturated carbocycles. The summed E-state index contributed by atoms with van der Waals surface area (Å²) in [5.41, 5.74) is 6.23. The molecule has 8 nitrogen and oxygen atoms in total. The first-order chi connectivity index (χ1) is 11.9. The highest BCUT2D eigenvalue weighted by Gasteiger charge is 2.14. The molecule has 0 aliphatic rings. The van der Waals surface area contributed by atoms with E-state index in [0.29, 0.717) is 9.52 Å². The molecule has 11 heteroatoms. The van der Waals surface area contributed by atoms with Crippen LogP contribution in [-0.4, -0.2) is 27.6 Å². The van der Waals surface area contributed by atoms with Gasteiger partial charge in [0.1, 0.15) is 5.69 Å². The second-order valence-corrected chi connectivity index (χ2v) is 7.35. The third kappa shape index (κ3) is 3.90. The van der Waals surface area contributed by atoms with Crippen molar-refractivity contribution in [2.75, 3.05) is 5.73 Å². The molecule has 3 N–H and O–H groups in total. The fraction of sp³-hybridized carbons (Fsp3) is 0.0714. The Hall–Kier alpha value is -2.63. The van der Waals surface area contributed by atoms with Gasteiger partial charge in [0.05, 0.1) is 22.6 Å². The van der Waals surface area contributed by atoms with Gasteiger partial charge in [0.25, 0.3) is 0 Å². The number of carboxylic acids is 1. The fourth-order valence-electron chi connectivity index (χ4n) is 2.05. The van der Waals surface area contributed by atoms with E-state index in [0.717, 1.165) is 21.6 Å². The molecule has 2 aromatic heterocycles. The Bertz CT molecular complexity index is 1050. The van der Waals surface area contributed by atoms with Crippen molar-refractivity contribution in [3.63, 3.8) is 0 Å². The van der Waals surface area contributed by atoms with Crippen molar-refractivity contribution in [2.45, 2.75) is 6.42 Å². The minimum atomic E-state index is -1.62. The molecular weight excluding hydrogens is 384 g/mol. The van der Waals surface area contributed by atoms with Gasteiger partial charge in [0.15, 0.2) is 14.8 Å². The smallest absolute Gasteiger partial charge is 0.339 e. The number of carboxylic acid groups (broad SMARTS) is 1. The molecule has 128 valence electrons. The standard InChI is InChI=1S/C14H10N4O4S3/c15-13-16-7(5-24-13)11(12(20)21)18-22-9(19)4-6-2-1-3-8-10(6)17-14(23)25-8/h1-3,5H,4H2,(H2,15,16)(H,17,23)(H,20,21)/p-1/b18-11+. The first-order valence-corrected chi connectivity index (χ1v) is 8.85. The summed E-state index contributed by atoms with van der Waals surface area (Å²) in [5, 5.41) is 16.0. The van der Waals surface area contributed by atoms with Crippen LogP contribution >= 0.6 is 34.9 Å². The van der Waals surface area contributed by atoms with E-state index in [9.17, 15) is 14.7 Å². The number of aromatic nitrogens is 2. The summed E-state index contributed by atoms with van der Waals surface area (Å²) in [5.74, 6) is -2.36. The monoisotopic (exact) mass is 393 g/mol. The lowest BCUT2D eigenvalue weighted by molar-refractivity contribution is -0.294. The second-order valence-electron chi connectivity index (χ2n) is 4.74. The number of nitrogens with two attached hydrogens (primary N) is 1. The van der Waals surface area contributed by atoms with Gasteiger partial charge >= 0.3 is 5.97 Å². The minimum Gasteiger partial charge on any atom is -0.543 e. The normalized spacial score (nSPS) is 11.6. The lowest BCUT2D eigenvalue weighted by atomic mass is 10.1. The van der Waals surface area contributed by atoms with Crippen LogP contribution in [0, 0.1) is 3.95 Å². The maximum absolute atomic E-state index is 12.0. The van der Waals surface area contributed by atoms with Crippen LogP contribution in [0.2, 0.25) is 0 Å². The van der Waals surface area contributed by atoms with E-state index in [1.165, 1.54) is 16.7 Å². The molecule has 0 radical (unpaired) electrons. The van der Waals surface area contributed by atoms with Gasteiger partial charge in [-0.2, -0.15) is 0 Å². The van der Waals surface area contributed by atoms with Crippen LogP contribution in [0.25, 0.3) is 10.2 Å². The zero-order valence-corrected chi connectivity index (χ0v) is 14.8. The second kappa shape index (κ2) is 7.09. The molecule has 0 bridgehead atoms. The van der Waals surface area contributed by atoms with Gasteiger partial charge in [-0.3, -0.25) is 0 Å². The van der Waals surface area contributed by atoms with Crippen LogP contribution in [0.5, 0.6) is 0 Å². The highest BCUT2D eigenvalue weighted by molar-refractivity contribution is 7.73. The number of fused-ring (bicyclic) bond motifs is 1. The number of aromatic amines is 1. The Morgan fingerprint density at radius 1 is 1.44 bits per heavy atom. The number of nitrogens with zero attached hydrogens (tertiary/aromatic N) is 2. The summed E-state index contributed by atoms with van der Waals surface area (Å²) in [7, 11) is 0. The van der Waals surface area contributed by atoms with Gasteiger partial charge in [-0.15, -0.1) is 22.7 Å². The summed E-state index contributed by atoms with van der Waals surface area (Å²) in [4.78, 5) is 34.6. The van der Waals surface area contributed by atoms with Crippen molar-refractivity contribution >= 4 is 67.9 Å². The predicted molar refractivity (Wildman–Crippen MR) is 94.9 cm³/mol. The number of nitrogen functional groups attached to an aromatic ring is 1. The van der Waals surface area contributed by atoms with Crippen LogP contribution in [0.15, 0.2) is 28.7 Å². The predicted octanol–water partition coefficient (Wildman–Crippen LogP) is 1.24. The molecule has 3 aromatic rings. The van der Waals surface area contributed by atoms with Crippen molar-refractivity contribution in [1.82, 2.24) is 9.97 Å². The minimum absolute atomic E-state index is 0.0284. The van der Waals surface area contributed by atoms with Crippen molar-refractivity contribution in [1.29, 1.82) is 0 Å². The maximum atomic E-state index is 12.0. The molecule has 0 amide bonds. The number of benzene rings is 1. The van der Waals surface area contributed by atoms with E-state index in [2.05, 4.69) is 15.1 Å². The molecule has 0 aliphatic heterocycles. The van der Waals surface area contributed by atoms with Gasteiger partial charge in [-0.1, -0.05) is 17.3 Å². The summed E-state index contributed by atoms with van der Waals surface area (Å²) in [6.07, 6.45) is -0.109. The molecule has 0 fully saturated rings. The molecular formula is C14H9N4O4S3-. The number of H-pyrrole nitrogens is 1. The number of thiazole rings is 2. The number of hydrogen-bond donors (Lipinski definition) is 2. The third-order valence-electron chi connectivity index (χ3n) is 3.07. The Morgan fingerprint density at radius 3 is 2.92 bits per heavy atom. The molecule has 0 spiro atoms. The van der Waals surface area contributed by atoms with E-state index in [1.807, 2.05) is 6.07 Å². The quantitative estimate of drug-likeness (QED) is 0.288. The number of hydrogen-bond acceptors (Lipinski definition) is 10. The SMILES string of the molecule is Nc1nc(/C(=N\OC(=O)Cc2cccc3sc(=S)[nH]c23)C(=O)[O-])cs1. The van der Waals surface area contributed by atoms with Gasteiger partial charge in [0, 0.05) is 5.38 Å². The Kier molecular flexibility index (Phi) is 4.88. The number of nitrogens with one attached hydrogen (secondary N) is 1. The van der Waals surface area contributed by atoms with Crippen LogP contribution < -0.4 is 10.8 Å². The van der Waals surface area contributed by atoms with E-state index in [4.69, 9.17) is 22.8 Å². The summed E-state index contributed by atoms with van der Waals surface area (Å²) in [6.45, 7) is 0. The van der Waals surface area contributed by atoms with Crippen molar-refractivity contribution < 1.29 is 19.5 Å². The number of para-hydroxylation sites is 1. The van der Waals surface area contributed by atoms with E-state index in [1.54, 1.807) is 12.1 Å². The molecule has 1 aromatic carbocycles. The first-order valence-electron chi connectivity index (χ1n) is 6.75. The van der Waals surface area contributed by atoms with E-state index < -0.39 is 17.7 Å². The van der Waals surface area contributed by atoms with Crippen LogP contribution in [0.3, 0.4) is 0 Å². The molecule has 0 unspecified atom stereocenters. The number of oxime groups is 1. The Labute approximate surface area is 153 Å². The van der Waals surface area contributed by atoms with Crippen LogP contribution in [0.1, 0.15) is 11.3 Å². The number of anilines is 1. The van der Waals surface area contributed by atoms with Gasteiger partial charge < -0.3 is 25.5 Å².